The lowest BCUT2D eigenvalue weighted by Crippen LogP contribution is -2.15. The number of carbonyl (C=O) groups excluding carboxylic acids is 1. The van der Waals surface area contributed by atoms with Crippen LogP contribution in [0.1, 0.15) is 22.5 Å². The van der Waals surface area contributed by atoms with Crippen LogP contribution in [0.2, 0.25) is 10.0 Å². The number of aryl methyl sites for hydroxylation is 1. The maximum atomic E-state index is 14.4. The molecule has 0 aliphatic rings. The van der Waals surface area contributed by atoms with Gasteiger partial charge in [0.15, 0.2) is 0 Å². The summed E-state index contributed by atoms with van der Waals surface area (Å²) in [6, 6.07) is 8.82. The van der Waals surface area contributed by atoms with Crippen LogP contribution in [0.5, 0.6) is 0 Å². The fraction of sp³-hybridized carbons (Fsp3) is 0.111. The fourth-order valence-corrected chi connectivity index (χ4v) is 2.88. The summed E-state index contributed by atoms with van der Waals surface area (Å²) in [6.07, 6.45) is -1.79. The average molecular weight is 414 g/mol. The molecule has 2 aromatic carbocycles. The molecule has 1 amide bonds. The zero-order valence-corrected chi connectivity index (χ0v) is 15.3. The second-order valence-electron chi connectivity index (χ2n) is 5.65. The summed E-state index contributed by atoms with van der Waals surface area (Å²) in [5.41, 5.74) is -0.355. The number of nitrogens with zero attached hydrogens (tertiary/aromatic N) is 2. The monoisotopic (exact) mass is 413 g/mol. The number of aromatic nitrogens is 2. The highest BCUT2D eigenvalue weighted by atomic mass is 35.5. The van der Waals surface area contributed by atoms with E-state index < -0.39 is 23.8 Å². The van der Waals surface area contributed by atoms with Gasteiger partial charge in [-0.25, -0.2) is 13.2 Å². The molecule has 3 rings (SSSR count). The van der Waals surface area contributed by atoms with E-state index in [4.69, 9.17) is 23.2 Å². The van der Waals surface area contributed by atoms with Crippen molar-refractivity contribution in [3.05, 3.63) is 69.7 Å². The molecule has 0 unspecified atom stereocenters. The molecule has 0 atom stereocenters. The Morgan fingerprint density at radius 2 is 1.93 bits per heavy atom. The van der Waals surface area contributed by atoms with Gasteiger partial charge in [0.2, 0.25) is 0 Å². The Balaban J connectivity index is 2.03. The van der Waals surface area contributed by atoms with Gasteiger partial charge >= 0.3 is 0 Å². The lowest BCUT2D eigenvalue weighted by molar-refractivity contribution is 0.101. The van der Waals surface area contributed by atoms with E-state index in [1.54, 1.807) is 12.1 Å². The molecule has 0 radical (unpaired) electrons. The van der Waals surface area contributed by atoms with Crippen molar-refractivity contribution < 1.29 is 18.0 Å². The number of hydrogen-bond donors (Lipinski definition) is 1. The molecule has 4 nitrogen and oxygen atoms in total. The van der Waals surface area contributed by atoms with Gasteiger partial charge in [-0.3, -0.25) is 9.48 Å². The lowest BCUT2D eigenvalue weighted by Gasteiger charge is -2.13. The Hall–Kier alpha value is -2.51. The van der Waals surface area contributed by atoms with Crippen molar-refractivity contribution in [3.8, 4) is 11.1 Å². The molecule has 140 valence electrons. The van der Waals surface area contributed by atoms with Crippen molar-refractivity contribution in [2.75, 3.05) is 5.32 Å². The van der Waals surface area contributed by atoms with E-state index in [0.717, 1.165) is 16.9 Å². The highest BCUT2D eigenvalue weighted by Gasteiger charge is 2.24. The number of hydrogen-bond acceptors (Lipinski definition) is 2. The second kappa shape index (κ2) is 7.62. The smallest absolute Gasteiger partial charge is 0.282 e. The van der Waals surface area contributed by atoms with Gasteiger partial charge in [0, 0.05) is 18.8 Å². The van der Waals surface area contributed by atoms with Crippen molar-refractivity contribution in [2.24, 2.45) is 7.05 Å². The number of anilines is 1. The zero-order valence-electron chi connectivity index (χ0n) is 13.8. The molecule has 27 heavy (non-hydrogen) atoms. The van der Waals surface area contributed by atoms with Gasteiger partial charge in [0.1, 0.15) is 11.5 Å². The maximum absolute atomic E-state index is 14.4. The van der Waals surface area contributed by atoms with E-state index in [1.807, 2.05) is 0 Å². The average Bonchev–Trinajstić information content (AvgIpc) is 3.01. The van der Waals surface area contributed by atoms with Gasteiger partial charge in [0.05, 0.1) is 21.3 Å². The summed E-state index contributed by atoms with van der Waals surface area (Å²) in [7, 11) is 1.41. The van der Waals surface area contributed by atoms with E-state index in [2.05, 4.69) is 10.4 Å². The molecular formula is C18H12Cl2F3N3O. The van der Waals surface area contributed by atoms with Crippen molar-refractivity contribution >= 4 is 34.8 Å². The zero-order chi connectivity index (χ0) is 19.7. The Labute approximate surface area is 162 Å². The number of alkyl halides is 2. The Morgan fingerprint density at radius 1 is 1.19 bits per heavy atom. The first kappa shape index (κ1) is 19.3. The molecule has 1 aromatic heterocycles. The SMILES string of the molecule is Cn1cc(C(=O)Nc2c(F)cccc2-c2ccc(Cl)c(Cl)c2)c(C(F)F)n1. The summed E-state index contributed by atoms with van der Waals surface area (Å²) in [5.74, 6) is -1.63. The number of para-hydroxylation sites is 1. The summed E-state index contributed by atoms with van der Waals surface area (Å²) >= 11 is 11.9. The Bertz CT molecular complexity index is 1020. The Morgan fingerprint density at radius 3 is 2.59 bits per heavy atom. The third-order valence-corrected chi connectivity index (χ3v) is 4.53. The van der Waals surface area contributed by atoms with Gasteiger partial charge in [-0.15, -0.1) is 0 Å². The first-order valence-electron chi connectivity index (χ1n) is 7.65. The van der Waals surface area contributed by atoms with E-state index in [9.17, 15) is 18.0 Å². The van der Waals surface area contributed by atoms with E-state index in [-0.39, 0.29) is 16.3 Å². The van der Waals surface area contributed by atoms with Crippen LogP contribution in [0, 0.1) is 5.82 Å². The Kier molecular flexibility index (Phi) is 5.43. The van der Waals surface area contributed by atoms with Crippen LogP contribution in [0.4, 0.5) is 18.9 Å². The van der Waals surface area contributed by atoms with Gasteiger partial charge in [-0.1, -0.05) is 41.4 Å². The quantitative estimate of drug-likeness (QED) is 0.594. The topological polar surface area (TPSA) is 46.9 Å². The molecule has 9 heteroatoms. The van der Waals surface area contributed by atoms with Crippen molar-refractivity contribution in [3.63, 3.8) is 0 Å². The lowest BCUT2D eigenvalue weighted by atomic mass is 10.0. The summed E-state index contributed by atoms with van der Waals surface area (Å²) < 4.78 is 41.7. The van der Waals surface area contributed by atoms with Crippen LogP contribution in [-0.2, 0) is 7.05 Å². The molecule has 1 heterocycles. The molecule has 3 aromatic rings. The largest absolute Gasteiger partial charge is 0.319 e. The minimum absolute atomic E-state index is 0.162. The van der Waals surface area contributed by atoms with Crippen molar-refractivity contribution in [1.82, 2.24) is 9.78 Å². The third-order valence-electron chi connectivity index (χ3n) is 3.79. The fourth-order valence-electron chi connectivity index (χ4n) is 2.58. The second-order valence-corrected chi connectivity index (χ2v) is 6.46. The van der Waals surface area contributed by atoms with Crippen LogP contribution in [-0.4, -0.2) is 15.7 Å². The maximum Gasteiger partial charge on any atom is 0.282 e. The van der Waals surface area contributed by atoms with Crippen LogP contribution < -0.4 is 5.32 Å². The number of nitrogens with one attached hydrogen (secondary N) is 1. The number of benzene rings is 2. The van der Waals surface area contributed by atoms with Crippen LogP contribution in [0.15, 0.2) is 42.6 Å². The standard InChI is InChI=1S/C18H12Cl2F3N3O/c1-26-8-11(16(25-26)17(22)23)18(27)24-15-10(3-2-4-14(15)21)9-5-6-12(19)13(20)7-9/h2-8,17H,1H3,(H,24,27). The van der Waals surface area contributed by atoms with Gasteiger partial charge in [-0.2, -0.15) is 5.10 Å². The molecule has 0 saturated heterocycles. The summed E-state index contributed by atoms with van der Waals surface area (Å²) in [5, 5.41) is 6.51. The van der Waals surface area contributed by atoms with Gasteiger partial charge in [0.25, 0.3) is 12.3 Å². The minimum Gasteiger partial charge on any atom is -0.319 e. The first-order valence-corrected chi connectivity index (χ1v) is 8.40. The molecule has 0 aliphatic carbocycles. The van der Waals surface area contributed by atoms with E-state index in [1.165, 1.54) is 25.2 Å². The normalized spacial score (nSPS) is 11.1. The molecule has 0 fully saturated rings. The number of halogens is 5. The minimum atomic E-state index is -2.94. The molecule has 0 spiro atoms. The highest BCUT2D eigenvalue weighted by Crippen LogP contribution is 2.34. The molecule has 0 bridgehead atoms. The number of rotatable bonds is 4. The highest BCUT2D eigenvalue weighted by molar-refractivity contribution is 6.42. The van der Waals surface area contributed by atoms with E-state index in [0.29, 0.717) is 16.1 Å². The van der Waals surface area contributed by atoms with Crippen molar-refractivity contribution in [1.29, 1.82) is 0 Å². The predicted octanol–water partition coefficient (Wildman–Crippen LogP) is 5.72. The molecular weight excluding hydrogens is 402 g/mol. The van der Waals surface area contributed by atoms with Crippen LogP contribution in [0.3, 0.4) is 0 Å². The summed E-state index contributed by atoms with van der Waals surface area (Å²) in [4.78, 5) is 12.5. The van der Waals surface area contributed by atoms with Crippen LogP contribution >= 0.6 is 23.2 Å². The first-order chi connectivity index (χ1) is 12.8. The number of amides is 1. The van der Waals surface area contributed by atoms with Gasteiger partial charge < -0.3 is 5.32 Å². The predicted molar refractivity (Wildman–Crippen MR) is 98.0 cm³/mol. The van der Waals surface area contributed by atoms with Crippen molar-refractivity contribution in [2.45, 2.75) is 6.43 Å². The summed E-state index contributed by atoms with van der Waals surface area (Å²) in [6.45, 7) is 0. The molecule has 0 aliphatic heterocycles. The molecule has 1 N–H and O–H groups in total. The van der Waals surface area contributed by atoms with Crippen LogP contribution in [0.25, 0.3) is 11.1 Å². The number of carbonyl (C=O) groups is 1. The molecule has 0 saturated carbocycles. The van der Waals surface area contributed by atoms with Gasteiger partial charge in [-0.05, 0) is 23.8 Å². The van der Waals surface area contributed by atoms with E-state index >= 15 is 0 Å². The third kappa shape index (κ3) is 3.94.